The number of carbonyl (C=O) groups excluding carboxylic acids is 2. The van der Waals surface area contributed by atoms with Crippen molar-refractivity contribution >= 4 is 22.7 Å². The second kappa shape index (κ2) is 10.5. The van der Waals surface area contributed by atoms with E-state index in [2.05, 4.69) is 39.8 Å². The van der Waals surface area contributed by atoms with Crippen molar-refractivity contribution in [3.63, 3.8) is 0 Å². The molecule has 5 rings (SSSR count). The molecule has 2 saturated heterocycles. The Labute approximate surface area is 229 Å². The number of aryl methyl sites for hydroxylation is 1. The van der Waals surface area contributed by atoms with Crippen LogP contribution in [0.15, 0.2) is 35.1 Å². The molecule has 2 aliphatic heterocycles. The van der Waals surface area contributed by atoms with Crippen LogP contribution in [-0.2, 0) is 17.9 Å². The van der Waals surface area contributed by atoms with E-state index in [0.717, 1.165) is 62.2 Å². The average Bonchev–Trinajstić information content (AvgIpc) is 3.17. The van der Waals surface area contributed by atoms with Crippen LogP contribution in [0.1, 0.15) is 47.1 Å². The first-order valence-corrected chi connectivity index (χ1v) is 13.7. The number of H-pyrrole nitrogens is 1. The standard InChI is InChI=1S/C30H39N5O4/c1-19-14-25(39-5)23(27(36)32-19)15-31-28(37)26-20(2)35(24-9-7-6-8-22(24)26)16-21-10-12-34(13-11-21)29(38)30(3)17-33(4)18-30/h6-9,14,21H,10-13,15-18H2,1-5H3,(H,31,37)(H,32,36). The summed E-state index contributed by atoms with van der Waals surface area (Å²) in [6.07, 6.45) is 1.89. The Morgan fingerprint density at radius 3 is 2.51 bits per heavy atom. The molecule has 0 atom stereocenters. The number of ether oxygens (including phenoxy) is 1. The zero-order chi connectivity index (χ0) is 27.9. The van der Waals surface area contributed by atoms with Gasteiger partial charge in [-0.3, -0.25) is 14.4 Å². The molecule has 4 heterocycles. The van der Waals surface area contributed by atoms with Gasteiger partial charge >= 0.3 is 0 Å². The number of nitrogens with one attached hydrogen (secondary N) is 2. The Hall–Kier alpha value is -3.59. The van der Waals surface area contributed by atoms with Crippen LogP contribution in [0.25, 0.3) is 10.9 Å². The number of rotatable bonds is 7. The Kier molecular flexibility index (Phi) is 7.29. The molecule has 2 aromatic heterocycles. The fourth-order valence-electron chi connectivity index (χ4n) is 6.48. The highest BCUT2D eigenvalue weighted by molar-refractivity contribution is 6.08. The van der Waals surface area contributed by atoms with Crippen LogP contribution in [0.3, 0.4) is 0 Å². The molecule has 9 nitrogen and oxygen atoms in total. The Morgan fingerprint density at radius 1 is 1.15 bits per heavy atom. The number of pyridine rings is 1. The van der Waals surface area contributed by atoms with Gasteiger partial charge in [-0.25, -0.2) is 0 Å². The van der Waals surface area contributed by atoms with E-state index in [1.807, 2.05) is 30.0 Å². The monoisotopic (exact) mass is 533 g/mol. The minimum absolute atomic E-state index is 0.0672. The molecule has 208 valence electrons. The van der Waals surface area contributed by atoms with Crippen molar-refractivity contribution in [3.05, 3.63) is 63.2 Å². The van der Waals surface area contributed by atoms with Gasteiger partial charge in [-0.2, -0.15) is 0 Å². The van der Waals surface area contributed by atoms with Gasteiger partial charge in [-0.05, 0) is 58.7 Å². The molecule has 0 saturated carbocycles. The van der Waals surface area contributed by atoms with E-state index in [9.17, 15) is 14.4 Å². The predicted octanol–water partition coefficient (Wildman–Crippen LogP) is 3.08. The lowest BCUT2D eigenvalue weighted by molar-refractivity contribution is -0.151. The molecule has 0 aliphatic carbocycles. The van der Waals surface area contributed by atoms with Crippen molar-refractivity contribution in [3.8, 4) is 5.75 Å². The molecule has 2 N–H and O–H groups in total. The zero-order valence-corrected chi connectivity index (χ0v) is 23.6. The Balaban J connectivity index is 1.31. The van der Waals surface area contributed by atoms with Crippen molar-refractivity contribution in [2.75, 3.05) is 40.3 Å². The highest BCUT2D eigenvalue weighted by Crippen LogP contribution is 2.33. The first-order chi connectivity index (χ1) is 18.6. The van der Waals surface area contributed by atoms with Crippen LogP contribution in [0, 0.1) is 25.2 Å². The van der Waals surface area contributed by atoms with Crippen LogP contribution < -0.4 is 15.6 Å². The van der Waals surface area contributed by atoms with Gasteiger partial charge in [0.05, 0.1) is 30.2 Å². The number of piperidine rings is 1. The number of aromatic amines is 1. The summed E-state index contributed by atoms with van der Waals surface area (Å²) in [5.74, 6) is 0.943. The van der Waals surface area contributed by atoms with E-state index >= 15 is 0 Å². The van der Waals surface area contributed by atoms with Gasteiger partial charge in [-0.1, -0.05) is 18.2 Å². The molecule has 0 unspecified atom stereocenters. The molecule has 39 heavy (non-hydrogen) atoms. The fourth-order valence-corrected chi connectivity index (χ4v) is 6.48. The summed E-state index contributed by atoms with van der Waals surface area (Å²) in [6.45, 7) is 9.94. The van der Waals surface area contributed by atoms with Crippen LogP contribution in [-0.4, -0.2) is 71.5 Å². The third kappa shape index (κ3) is 5.07. The number of hydrogen-bond acceptors (Lipinski definition) is 5. The number of nitrogens with zero attached hydrogens (tertiary/aromatic N) is 3. The number of para-hydroxylation sites is 1. The van der Waals surface area contributed by atoms with Gasteiger partial charge in [0.15, 0.2) is 0 Å². The summed E-state index contributed by atoms with van der Waals surface area (Å²) < 4.78 is 7.62. The van der Waals surface area contributed by atoms with E-state index in [1.54, 1.807) is 13.0 Å². The second-order valence-corrected chi connectivity index (χ2v) is 11.6. The smallest absolute Gasteiger partial charge is 0.256 e. The Bertz CT molecular complexity index is 1460. The number of carbonyl (C=O) groups is 2. The van der Waals surface area contributed by atoms with E-state index < -0.39 is 0 Å². The summed E-state index contributed by atoms with van der Waals surface area (Å²) in [6, 6.07) is 9.72. The summed E-state index contributed by atoms with van der Waals surface area (Å²) in [7, 11) is 3.57. The summed E-state index contributed by atoms with van der Waals surface area (Å²) in [5.41, 5.74) is 3.13. The van der Waals surface area contributed by atoms with Crippen molar-refractivity contribution in [2.24, 2.45) is 11.3 Å². The third-order valence-electron chi connectivity index (χ3n) is 8.43. The quantitative estimate of drug-likeness (QED) is 0.486. The van der Waals surface area contributed by atoms with E-state index in [1.165, 1.54) is 7.11 Å². The second-order valence-electron chi connectivity index (χ2n) is 11.6. The molecule has 2 aliphatic rings. The number of amides is 2. The van der Waals surface area contributed by atoms with Gasteiger partial charge in [0.2, 0.25) is 5.91 Å². The summed E-state index contributed by atoms with van der Waals surface area (Å²) in [4.78, 5) is 46.1. The van der Waals surface area contributed by atoms with Crippen molar-refractivity contribution in [1.82, 2.24) is 24.7 Å². The minimum atomic E-state index is -0.269. The molecule has 2 amide bonds. The van der Waals surface area contributed by atoms with Crippen LogP contribution in [0.2, 0.25) is 0 Å². The lowest BCUT2D eigenvalue weighted by Gasteiger charge is -2.48. The predicted molar refractivity (Wildman–Crippen MR) is 151 cm³/mol. The van der Waals surface area contributed by atoms with Gasteiger partial charge < -0.3 is 29.4 Å². The number of methoxy groups -OCH3 is 1. The zero-order valence-electron chi connectivity index (χ0n) is 23.6. The normalized spacial score (nSPS) is 17.7. The topological polar surface area (TPSA) is 99.7 Å². The molecule has 2 fully saturated rings. The molecule has 3 aromatic rings. The highest BCUT2D eigenvalue weighted by atomic mass is 16.5. The maximum Gasteiger partial charge on any atom is 0.256 e. The molecule has 0 spiro atoms. The number of likely N-dealkylation sites (tertiary alicyclic amines) is 2. The Morgan fingerprint density at radius 2 is 1.85 bits per heavy atom. The van der Waals surface area contributed by atoms with Crippen LogP contribution in [0.4, 0.5) is 0 Å². The van der Waals surface area contributed by atoms with Gasteiger partial charge in [0, 0.05) is 55.0 Å². The van der Waals surface area contributed by atoms with Gasteiger partial charge in [-0.15, -0.1) is 0 Å². The minimum Gasteiger partial charge on any atom is -0.496 e. The maximum absolute atomic E-state index is 13.5. The third-order valence-corrected chi connectivity index (χ3v) is 8.43. The average molecular weight is 534 g/mol. The van der Waals surface area contributed by atoms with Crippen molar-refractivity contribution in [1.29, 1.82) is 0 Å². The van der Waals surface area contributed by atoms with Crippen molar-refractivity contribution in [2.45, 2.75) is 46.7 Å². The first-order valence-electron chi connectivity index (χ1n) is 13.7. The van der Waals surface area contributed by atoms with Crippen molar-refractivity contribution < 1.29 is 14.3 Å². The lowest BCUT2D eigenvalue weighted by Crippen LogP contribution is -2.61. The molecule has 0 radical (unpaired) electrons. The van der Waals surface area contributed by atoms with E-state index in [-0.39, 0.29) is 29.3 Å². The number of fused-ring (bicyclic) bond motifs is 1. The van der Waals surface area contributed by atoms with Crippen LogP contribution in [0.5, 0.6) is 5.75 Å². The summed E-state index contributed by atoms with van der Waals surface area (Å²) >= 11 is 0. The number of hydrogen-bond donors (Lipinski definition) is 2. The molecule has 1 aromatic carbocycles. The number of aromatic nitrogens is 2. The molecule has 9 heteroatoms. The van der Waals surface area contributed by atoms with Crippen LogP contribution >= 0.6 is 0 Å². The van der Waals surface area contributed by atoms with Gasteiger partial charge in [0.1, 0.15) is 5.75 Å². The number of benzene rings is 1. The van der Waals surface area contributed by atoms with E-state index in [0.29, 0.717) is 28.5 Å². The van der Waals surface area contributed by atoms with Gasteiger partial charge in [0.25, 0.3) is 11.5 Å². The lowest BCUT2D eigenvalue weighted by atomic mass is 9.80. The fraction of sp³-hybridized carbons (Fsp3) is 0.500. The first kappa shape index (κ1) is 27.0. The maximum atomic E-state index is 13.5. The molecular weight excluding hydrogens is 494 g/mol. The highest BCUT2D eigenvalue weighted by Gasteiger charge is 2.45. The molecular formula is C30H39N5O4. The summed E-state index contributed by atoms with van der Waals surface area (Å²) in [5, 5.41) is 3.84. The van der Waals surface area contributed by atoms with E-state index in [4.69, 9.17) is 4.74 Å². The SMILES string of the molecule is COc1cc(C)[nH]c(=O)c1CNC(=O)c1c(C)n(CC2CCN(C(=O)C3(C)CN(C)C3)CC2)c2ccccc12. The largest absolute Gasteiger partial charge is 0.496 e. The molecule has 0 bridgehead atoms.